The van der Waals surface area contributed by atoms with Crippen molar-refractivity contribution < 1.29 is 0 Å². The Morgan fingerprint density at radius 2 is 2.22 bits per heavy atom. The Hall–Kier alpha value is -0.380. The summed E-state index contributed by atoms with van der Waals surface area (Å²) in [6, 6.07) is 2.39. The van der Waals surface area contributed by atoms with Crippen LogP contribution >= 0.6 is 11.3 Å². The number of hydrogen-bond donors (Lipinski definition) is 1. The number of aryl methyl sites for hydroxylation is 1. The Bertz CT molecular complexity index is 369. The van der Waals surface area contributed by atoms with Crippen LogP contribution in [0.25, 0.3) is 0 Å². The van der Waals surface area contributed by atoms with E-state index in [1.165, 1.54) is 41.1 Å². The monoisotopic (exact) mass is 266 g/mol. The summed E-state index contributed by atoms with van der Waals surface area (Å²) in [5.41, 5.74) is 1.52. The fourth-order valence-electron chi connectivity index (χ4n) is 2.55. The summed E-state index contributed by atoms with van der Waals surface area (Å²) < 4.78 is 0. The Morgan fingerprint density at radius 3 is 2.83 bits per heavy atom. The number of rotatable bonds is 7. The molecule has 2 nitrogen and oxygen atoms in total. The maximum atomic E-state index is 3.41. The second-order valence-electron chi connectivity index (χ2n) is 5.57. The highest BCUT2D eigenvalue weighted by Crippen LogP contribution is 2.28. The number of thiophene rings is 1. The van der Waals surface area contributed by atoms with E-state index in [9.17, 15) is 0 Å². The van der Waals surface area contributed by atoms with Gasteiger partial charge in [0, 0.05) is 29.4 Å². The lowest BCUT2D eigenvalue weighted by molar-refractivity contribution is 0.200. The lowest BCUT2D eigenvalue weighted by Gasteiger charge is -2.30. The van der Waals surface area contributed by atoms with E-state index in [1.54, 1.807) is 0 Å². The van der Waals surface area contributed by atoms with Gasteiger partial charge in [-0.2, -0.15) is 0 Å². The molecule has 1 aliphatic rings. The molecular weight excluding hydrogens is 240 g/mol. The second-order valence-corrected chi connectivity index (χ2v) is 6.91. The van der Waals surface area contributed by atoms with Crippen molar-refractivity contribution in [2.75, 3.05) is 20.1 Å². The van der Waals surface area contributed by atoms with Gasteiger partial charge < -0.3 is 10.2 Å². The highest BCUT2D eigenvalue weighted by atomic mass is 32.1. The van der Waals surface area contributed by atoms with Crippen LogP contribution in [0, 0.1) is 12.8 Å². The van der Waals surface area contributed by atoms with Gasteiger partial charge >= 0.3 is 0 Å². The van der Waals surface area contributed by atoms with Gasteiger partial charge in [0.25, 0.3) is 0 Å². The van der Waals surface area contributed by atoms with Gasteiger partial charge in [0.15, 0.2) is 0 Å². The third-order valence-electron chi connectivity index (χ3n) is 3.86. The molecule has 1 saturated carbocycles. The van der Waals surface area contributed by atoms with Gasteiger partial charge in [-0.15, -0.1) is 11.3 Å². The number of nitrogens with zero attached hydrogens (tertiary/aromatic N) is 1. The molecule has 3 heteroatoms. The van der Waals surface area contributed by atoms with E-state index in [0.29, 0.717) is 0 Å². The topological polar surface area (TPSA) is 15.3 Å². The maximum Gasteiger partial charge on any atom is 0.0299 e. The van der Waals surface area contributed by atoms with Crippen molar-refractivity contribution in [1.29, 1.82) is 0 Å². The Labute approximate surface area is 115 Å². The first kappa shape index (κ1) is 14.0. The third-order valence-corrected chi connectivity index (χ3v) is 4.95. The second kappa shape index (κ2) is 6.69. The lowest BCUT2D eigenvalue weighted by Crippen LogP contribution is -2.29. The lowest BCUT2D eigenvalue weighted by atomic mass is 9.85. The van der Waals surface area contributed by atoms with Gasteiger partial charge in [-0.25, -0.2) is 0 Å². The van der Waals surface area contributed by atoms with Crippen LogP contribution in [0.4, 0.5) is 0 Å². The fraction of sp³-hybridized carbons (Fsp3) is 0.733. The van der Waals surface area contributed by atoms with Crippen molar-refractivity contribution in [3.8, 4) is 0 Å². The molecule has 0 aromatic carbocycles. The van der Waals surface area contributed by atoms with Crippen LogP contribution in [0.1, 0.15) is 41.5 Å². The zero-order chi connectivity index (χ0) is 13.0. The molecule has 102 valence electrons. The average molecular weight is 266 g/mol. The Kier molecular flexibility index (Phi) is 5.22. The first-order valence-corrected chi connectivity index (χ1v) is 7.98. The summed E-state index contributed by atoms with van der Waals surface area (Å²) in [6.07, 6.45) is 4.33. The van der Waals surface area contributed by atoms with Crippen LogP contribution in [0.2, 0.25) is 0 Å². The molecule has 1 aliphatic carbocycles. The largest absolute Gasteiger partial charge is 0.312 e. The van der Waals surface area contributed by atoms with E-state index in [1.807, 2.05) is 11.3 Å². The van der Waals surface area contributed by atoms with E-state index in [2.05, 4.69) is 37.2 Å². The average Bonchev–Trinajstić information content (AvgIpc) is 2.62. The van der Waals surface area contributed by atoms with E-state index in [-0.39, 0.29) is 0 Å². The normalized spacial score (nSPS) is 16.2. The maximum absolute atomic E-state index is 3.41. The number of nitrogens with one attached hydrogen (secondary N) is 1. The highest BCUT2D eigenvalue weighted by Gasteiger charge is 2.19. The predicted molar refractivity (Wildman–Crippen MR) is 80.1 cm³/mol. The molecule has 0 saturated heterocycles. The molecule has 0 unspecified atom stereocenters. The first-order valence-electron chi connectivity index (χ1n) is 7.16. The van der Waals surface area contributed by atoms with Crippen molar-refractivity contribution in [3.63, 3.8) is 0 Å². The zero-order valence-corrected chi connectivity index (χ0v) is 12.8. The van der Waals surface area contributed by atoms with Crippen LogP contribution in [0.15, 0.2) is 6.07 Å². The molecule has 1 aromatic heterocycles. The standard InChI is InChI=1S/C15H26N2S/c1-4-16-9-15-8-14(12(2)18-15)11-17(3)10-13-6-5-7-13/h8,13,16H,4-7,9-11H2,1-3H3. The molecule has 1 N–H and O–H groups in total. The summed E-state index contributed by atoms with van der Waals surface area (Å²) in [6.45, 7) is 8.88. The fourth-order valence-corrected chi connectivity index (χ4v) is 3.57. The van der Waals surface area contributed by atoms with Crippen LogP contribution in [0.3, 0.4) is 0 Å². The molecular formula is C15H26N2S. The minimum absolute atomic E-state index is 0.968. The van der Waals surface area contributed by atoms with Crippen molar-refractivity contribution >= 4 is 11.3 Å². The molecule has 1 fully saturated rings. The number of hydrogen-bond acceptors (Lipinski definition) is 3. The van der Waals surface area contributed by atoms with Gasteiger partial charge in [0.05, 0.1) is 0 Å². The van der Waals surface area contributed by atoms with Gasteiger partial charge in [-0.3, -0.25) is 0 Å². The van der Waals surface area contributed by atoms with Gasteiger partial charge in [-0.05, 0) is 50.9 Å². The van der Waals surface area contributed by atoms with Crippen molar-refractivity contribution in [2.45, 2.75) is 46.2 Å². The van der Waals surface area contributed by atoms with Gasteiger partial charge in [0.2, 0.25) is 0 Å². The Morgan fingerprint density at radius 1 is 1.44 bits per heavy atom. The molecule has 0 spiro atoms. The summed E-state index contributed by atoms with van der Waals surface area (Å²) >= 11 is 1.95. The summed E-state index contributed by atoms with van der Waals surface area (Å²) in [4.78, 5) is 5.46. The first-order chi connectivity index (χ1) is 8.69. The van der Waals surface area contributed by atoms with E-state index in [0.717, 1.165) is 25.6 Å². The predicted octanol–water partition coefficient (Wildman–Crippen LogP) is 3.40. The van der Waals surface area contributed by atoms with Crippen molar-refractivity contribution in [1.82, 2.24) is 10.2 Å². The highest BCUT2D eigenvalue weighted by molar-refractivity contribution is 7.12. The van der Waals surface area contributed by atoms with Gasteiger partial charge in [0.1, 0.15) is 0 Å². The smallest absolute Gasteiger partial charge is 0.0299 e. The summed E-state index contributed by atoms with van der Waals surface area (Å²) in [5.74, 6) is 0.968. The van der Waals surface area contributed by atoms with Crippen molar-refractivity contribution in [3.05, 3.63) is 21.4 Å². The quantitative estimate of drug-likeness (QED) is 0.814. The minimum atomic E-state index is 0.968. The van der Waals surface area contributed by atoms with Crippen molar-refractivity contribution in [2.24, 2.45) is 5.92 Å². The molecule has 1 aromatic rings. The van der Waals surface area contributed by atoms with E-state index >= 15 is 0 Å². The van der Waals surface area contributed by atoms with Crippen LogP contribution in [-0.4, -0.2) is 25.0 Å². The van der Waals surface area contributed by atoms with Crippen LogP contribution < -0.4 is 5.32 Å². The van der Waals surface area contributed by atoms with Gasteiger partial charge in [-0.1, -0.05) is 13.3 Å². The minimum Gasteiger partial charge on any atom is -0.312 e. The zero-order valence-electron chi connectivity index (χ0n) is 12.0. The third kappa shape index (κ3) is 3.81. The molecule has 0 atom stereocenters. The SMILES string of the molecule is CCNCc1cc(CN(C)CC2CCC2)c(C)s1. The Balaban J connectivity index is 1.85. The van der Waals surface area contributed by atoms with E-state index in [4.69, 9.17) is 0 Å². The van der Waals surface area contributed by atoms with Crippen LogP contribution in [-0.2, 0) is 13.1 Å². The van der Waals surface area contributed by atoms with E-state index < -0.39 is 0 Å². The molecule has 1 heterocycles. The molecule has 0 amide bonds. The van der Waals surface area contributed by atoms with Crippen LogP contribution in [0.5, 0.6) is 0 Å². The molecule has 0 bridgehead atoms. The molecule has 0 aliphatic heterocycles. The molecule has 0 radical (unpaired) electrons. The molecule has 2 rings (SSSR count). The summed E-state index contributed by atoms with van der Waals surface area (Å²) in [7, 11) is 2.26. The summed E-state index contributed by atoms with van der Waals surface area (Å²) in [5, 5.41) is 3.41. The molecule has 18 heavy (non-hydrogen) atoms.